The Morgan fingerprint density at radius 1 is 0.966 bits per heavy atom. The van der Waals surface area contributed by atoms with E-state index >= 15 is 0 Å². The van der Waals surface area contributed by atoms with E-state index in [1.807, 2.05) is 18.2 Å². The Balaban J connectivity index is 1.36. The first-order valence-corrected chi connectivity index (χ1v) is 11.1. The number of hydrogen-bond acceptors (Lipinski definition) is 3. The van der Waals surface area contributed by atoms with E-state index < -0.39 is 0 Å². The Hall–Kier alpha value is -2.46. The average molecular weight is 408 g/mol. The van der Waals surface area contributed by atoms with Gasteiger partial charge in [-0.1, -0.05) is 75.4 Å². The van der Waals surface area contributed by atoms with Gasteiger partial charge in [-0.3, -0.25) is 4.79 Å². The maximum Gasteiger partial charge on any atom is 0.230 e. The smallest absolute Gasteiger partial charge is 0.230 e. The third kappa shape index (κ3) is 6.26. The van der Waals surface area contributed by atoms with Gasteiger partial charge in [0.2, 0.25) is 5.91 Å². The number of fused-ring (bicyclic) bond motifs is 1. The summed E-state index contributed by atoms with van der Waals surface area (Å²) in [6.45, 7) is 7.55. The minimum Gasteiger partial charge on any atom is -0.492 e. The van der Waals surface area contributed by atoms with E-state index in [1.54, 1.807) is 11.8 Å². The summed E-state index contributed by atoms with van der Waals surface area (Å²) < 4.78 is 5.72. The number of rotatable bonds is 8. The molecular formula is C25H29NO2S. The van der Waals surface area contributed by atoms with Crippen molar-refractivity contribution in [3.63, 3.8) is 0 Å². The predicted molar refractivity (Wildman–Crippen MR) is 124 cm³/mol. The molecule has 0 atom stereocenters. The van der Waals surface area contributed by atoms with Gasteiger partial charge in [-0.05, 0) is 39.4 Å². The highest BCUT2D eigenvalue weighted by atomic mass is 32.2. The Labute approximate surface area is 177 Å². The fourth-order valence-electron chi connectivity index (χ4n) is 3.13. The second-order valence-corrected chi connectivity index (χ2v) is 9.09. The molecule has 0 bridgehead atoms. The first-order valence-electron chi connectivity index (χ1n) is 9.98. The molecule has 0 aliphatic rings. The van der Waals surface area contributed by atoms with Crippen LogP contribution in [0.3, 0.4) is 0 Å². The van der Waals surface area contributed by atoms with Crippen molar-refractivity contribution in [2.45, 2.75) is 31.9 Å². The van der Waals surface area contributed by atoms with Crippen molar-refractivity contribution in [2.24, 2.45) is 0 Å². The number of ether oxygens (including phenoxy) is 1. The zero-order valence-electron chi connectivity index (χ0n) is 17.4. The van der Waals surface area contributed by atoms with Crippen LogP contribution in [0.4, 0.5) is 0 Å². The monoisotopic (exact) mass is 407 g/mol. The summed E-state index contributed by atoms with van der Waals surface area (Å²) in [5, 5.41) is 5.42. The molecule has 0 aliphatic heterocycles. The van der Waals surface area contributed by atoms with Crippen LogP contribution < -0.4 is 10.1 Å². The van der Waals surface area contributed by atoms with Crippen LogP contribution in [0.2, 0.25) is 0 Å². The Morgan fingerprint density at radius 2 is 1.69 bits per heavy atom. The van der Waals surface area contributed by atoms with E-state index in [-0.39, 0.29) is 11.3 Å². The van der Waals surface area contributed by atoms with Crippen molar-refractivity contribution in [3.05, 3.63) is 77.9 Å². The molecular weight excluding hydrogens is 378 g/mol. The molecule has 4 heteroatoms. The lowest BCUT2D eigenvalue weighted by Gasteiger charge is -2.19. The standard InChI is InChI=1S/C25H29NO2S/c1-25(2,3)21-11-13-22(14-12-21)28-16-15-26-24(27)18-29-17-20-9-6-8-19-7-4-5-10-23(19)20/h4-14H,15-18H2,1-3H3,(H,26,27). The summed E-state index contributed by atoms with van der Waals surface area (Å²) >= 11 is 1.63. The minimum absolute atomic E-state index is 0.0434. The first kappa shape index (κ1) is 21.3. The van der Waals surface area contributed by atoms with Gasteiger partial charge in [0.25, 0.3) is 0 Å². The lowest BCUT2D eigenvalue weighted by molar-refractivity contribution is -0.118. The van der Waals surface area contributed by atoms with Crippen molar-refractivity contribution in [1.82, 2.24) is 5.32 Å². The van der Waals surface area contributed by atoms with Crippen LogP contribution in [0.5, 0.6) is 5.75 Å². The van der Waals surface area contributed by atoms with Crippen molar-refractivity contribution < 1.29 is 9.53 Å². The van der Waals surface area contributed by atoms with Crippen molar-refractivity contribution in [1.29, 1.82) is 0 Å². The molecule has 3 aromatic rings. The van der Waals surface area contributed by atoms with Crippen molar-refractivity contribution in [2.75, 3.05) is 18.9 Å². The number of nitrogens with one attached hydrogen (secondary N) is 1. The lowest BCUT2D eigenvalue weighted by atomic mass is 9.87. The number of carbonyl (C=O) groups is 1. The fraction of sp³-hybridized carbons (Fsp3) is 0.320. The van der Waals surface area contributed by atoms with Gasteiger partial charge >= 0.3 is 0 Å². The highest BCUT2D eigenvalue weighted by Crippen LogP contribution is 2.24. The zero-order chi connectivity index (χ0) is 20.7. The molecule has 0 radical (unpaired) electrons. The number of carbonyl (C=O) groups excluding carboxylic acids is 1. The summed E-state index contributed by atoms with van der Waals surface area (Å²) in [6.07, 6.45) is 0. The van der Waals surface area contributed by atoms with Crippen LogP contribution in [-0.2, 0) is 16.0 Å². The topological polar surface area (TPSA) is 38.3 Å². The summed E-state index contributed by atoms with van der Waals surface area (Å²) in [5.74, 6) is 2.15. The second kappa shape index (κ2) is 9.84. The van der Waals surface area contributed by atoms with Gasteiger partial charge in [0.15, 0.2) is 0 Å². The second-order valence-electron chi connectivity index (χ2n) is 8.10. The molecule has 3 aromatic carbocycles. The van der Waals surface area contributed by atoms with Crippen LogP contribution in [0, 0.1) is 0 Å². The number of amides is 1. The molecule has 0 spiro atoms. The van der Waals surface area contributed by atoms with Crippen molar-refractivity contribution in [3.8, 4) is 5.75 Å². The molecule has 152 valence electrons. The van der Waals surface area contributed by atoms with E-state index in [9.17, 15) is 4.79 Å². The molecule has 3 rings (SSSR count). The van der Waals surface area contributed by atoms with Crippen LogP contribution in [0.15, 0.2) is 66.7 Å². The average Bonchev–Trinajstić information content (AvgIpc) is 2.71. The zero-order valence-corrected chi connectivity index (χ0v) is 18.2. The van der Waals surface area contributed by atoms with E-state index in [1.165, 1.54) is 21.9 Å². The van der Waals surface area contributed by atoms with Crippen LogP contribution >= 0.6 is 11.8 Å². The van der Waals surface area contributed by atoms with E-state index in [0.29, 0.717) is 18.9 Å². The summed E-state index contributed by atoms with van der Waals surface area (Å²) in [4.78, 5) is 12.1. The van der Waals surface area contributed by atoms with Gasteiger partial charge in [0.05, 0.1) is 12.3 Å². The summed E-state index contributed by atoms with van der Waals surface area (Å²) in [6, 6.07) is 22.8. The normalized spacial score (nSPS) is 11.4. The van der Waals surface area contributed by atoms with Crippen LogP contribution in [0.25, 0.3) is 10.8 Å². The Bertz CT molecular complexity index is 940. The number of thioether (sulfide) groups is 1. The maximum atomic E-state index is 12.1. The fourth-order valence-corrected chi connectivity index (χ4v) is 3.99. The maximum absolute atomic E-state index is 12.1. The van der Waals surface area contributed by atoms with Gasteiger partial charge in [-0.25, -0.2) is 0 Å². The molecule has 0 aliphatic carbocycles. The third-order valence-corrected chi connectivity index (χ3v) is 5.77. The molecule has 29 heavy (non-hydrogen) atoms. The largest absolute Gasteiger partial charge is 0.492 e. The molecule has 0 unspecified atom stereocenters. The molecule has 3 nitrogen and oxygen atoms in total. The highest BCUT2D eigenvalue weighted by Gasteiger charge is 2.13. The number of hydrogen-bond donors (Lipinski definition) is 1. The first-order chi connectivity index (χ1) is 13.9. The van der Waals surface area contributed by atoms with Gasteiger partial charge in [-0.15, -0.1) is 11.8 Å². The molecule has 1 amide bonds. The van der Waals surface area contributed by atoms with Crippen LogP contribution in [0.1, 0.15) is 31.9 Å². The van der Waals surface area contributed by atoms with E-state index in [2.05, 4.69) is 74.6 Å². The van der Waals surface area contributed by atoms with Gasteiger partial charge in [-0.2, -0.15) is 0 Å². The van der Waals surface area contributed by atoms with Crippen LogP contribution in [-0.4, -0.2) is 24.8 Å². The SMILES string of the molecule is CC(C)(C)c1ccc(OCCNC(=O)CSCc2cccc3ccccc23)cc1. The predicted octanol–water partition coefficient (Wildman–Crippen LogP) is 5.57. The highest BCUT2D eigenvalue weighted by molar-refractivity contribution is 7.99. The third-order valence-electron chi connectivity index (χ3n) is 4.78. The van der Waals surface area contributed by atoms with Gasteiger partial charge < -0.3 is 10.1 Å². The molecule has 0 heterocycles. The Kier molecular flexibility index (Phi) is 7.21. The lowest BCUT2D eigenvalue weighted by Crippen LogP contribution is -2.29. The van der Waals surface area contributed by atoms with E-state index in [0.717, 1.165) is 11.5 Å². The van der Waals surface area contributed by atoms with Gasteiger partial charge in [0.1, 0.15) is 12.4 Å². The van der Waals surface area contributed by atoms with Crippen molar-refractivity contribution >= 4 is 28.4 Å². The molecule has 0 saturated heterocycles. The summed E-state index contributed by atoms with van der Waals surface area (Å²) in [7, 11) is 0. The molecule has 0 fully saturated rings. The molecule has 0 saturated carbocycles. The molecule has 0 aromatic heterocycles. The van der Waals surface area contributed by atoms with Gasteiger partial charge in [0, 0.05) is 5.75 Å². The summed E-state index contributed by atoms with van der Waals surface area (Å²) in [5.41, 5.74) is 2.68. The molecule has 1 N–H and O–H groups in total. The minimum atomic E-state index is 0.0434. The van der Waals surface area contributed by atoms with E-state index in [4.69, 9.17) is 4.74 Å². The quantitative estimate of drug-likeness (QED) is 0.496. The Morgan fingerprint density at radius 3 is 2.45 bits per heavy atom. The number of benzene rings is 3.